The Morgan fingerprint density at radius 2 is 2.11 bits per heavy atom. The molecule has 0 radical (unpaired) electrons. The first kappa shape index (κ1) is 17.8. The zero-order valence-electron chi connectivity index (χ0n) is 16.4. The number of amides is 1. The second-order valence-electron chi connectivity index (χ2n) is 7.50. The van der Waals surface area contributed by atoms with E-state index in [0.29, 0.717) is 5.56 Å². The Morgan fingerprint density at radius 1 is 1.30 bits per heavy atom. The Hall–Kier alpha value is -2.63. The maximum atomic E-state index is 13.0. The Bertz CT molecular complexity index is 970. The molecule has 27 heavy (non-hydrogen) atoms. The lowest BCUT2D eigenvalue weighted by atomic mass is 9.96. The number of carbonyl (C=O) groups is 1. The lowest BCUT2D eigenvalue weighted by molar-refractivity contribution is 0.0702. The van der Waals surface area contributed by atoms with Crippen LogP contribution in [0.4, 0.5) is 0 Å². The van der Waals surface area contributed by atoms with Gasteiger partial charge in [0.15, 0.2) is 0 Å². The summed E-state index contributed by atoms with van der Waals surface area (Å²) in [6.07, 6.45) is 4.97. The molecule has 3 aromatic rings. The number of hydrogen-bond acceptors (Lipinski definition) is 3. The molecule has 0 N–H and O–H groups in total. The Kier molecular flexibility index (Phi) is 4.72. The molecular formula is C21H27N5O. The van der Waals surface area contributed by atoms with Gasteiger partial charge in [0, 0.05) is 38.8 Å². The van der Waals surface area contributed by atoms with Crippen molar-refractivity contribution < 1.29 is 4.79 Å². The molecule has 6 nitrogen and oxygen atoms in total. The molecule has 142 valence electrons. The third-order valence-electron chi connectivity index (χ3n) is 5.45. The Labute approximate surface area is 159 Å². The van der Waals surface area contributed by atoms with E-state index in [9.17, 15) is 4.79 Å². The third kappa shape index (κ3) is 3.24. The fourth-order valence-corrected chi connectivity index (χ4v) is 4.22. The molecule has 0 bridgehead atoms. The van der Waals surface area contributed by atoms with E-state index in [4.69, 9.17) is 4.98 Å². The van der Waals surface area contributed by atoms with Crippen molar-refractivity contribution in [3.8, 4) is 0 Å². The molecule has 2 aromatic heterocycles. The van der Waals surface area contributed by atoms with Gasteiger partial charge in [0.1, 0.15) is 5.82 Å². The largest absolute Gasteiger partial charge is 0.338 e. The second-order valence-corrected chi connectivity index (χ2v) is 7.50. The van der Waals surface area contributed by atoms with Gasteiger partial charge >= 0.3 is 0 Å². The van der Waals surface area contributed by atoms with Crippen molar-refractivity contribution >= 4 is 16.9 Å². The summed E-state index contributed by atoms with van der Waals surface area (Å²) in [5, 5.41) is 4.32. The molecule has 1 unspecified atom stereocenters. The fourth-order valence-electron chi connectivity index (χ4n) is 4.22. The number of para-hydroxylation sites is 2. The van der Waals surface area contributed by atoms with Crippen LogP contribution in [0.25, 0.3) is 11.0 Å². The number of rotatable bonds is 4. The molecule has 1 atom stereocenters. The van der Waals surface area contributed by atoms with Crippen molar-refractivity contribution in [2.24, 2.45) is 7.05 Å². The third-order valence-corrected chi connectivity index (χ3v) is 5.45. The topological polar surface area (TPSA) is 56.0 Å². The van der Waals surface area contributed by atoms with E-state index in [-0.39, 0.29) is 11.8 Å². The Morgan fingerprint density at radius 3 is 2.85 bits per heavy atom. The van der Waals surface area contributed by atoms with Gasteiger partial charge in [-0.15, -0.1) is 0 Å². The minimum absolute atomic E-state index is 0.0865. The number of carbonyl (C=O) groups excluding carboxylic acids is 1. The van der Waals surface area contributed by atoms with Crippen molar-refractivity contribution in [3.05, 3.63) is 47.5 Å². The van der Waals surface area contributed by atoms with Crippen LogP contribution in [0.2, 0.25) is 0 Å². The van der Waals surface area contributed by atoms with Crippen LogP contribution in [-0.2, 0) is 13.6 Å². The predicted octanol–water partition coefficient (Wildman–Crippen LogP) is 3.51. The molecule has 0 saturated carbocycles. The summed E-state index contributed by atoms with van der Waals surface area (Å²) in [7, 11) is 1.86. The first-order valence-corrected chi connectivity index (χ1v) is 9.83. The fraction of sp³-hybridized carbons (Fsp3) is 0.476. The number of piperidine rings is 1. The lowest BCUT2D eigenvalue weighted by Crippen LogP contribution is -2.40. The quantitative estimate of drug-likeness (QED) is 0.711. The van der Waals surface area contributed by atoms with E-state index in [1.807, 2.05) is 31.1 Å². The number of aromatic nitrogens is 4. The summed E-state index contributed by atoms with van der Waals surface area (Å²) in [6, 6.07) is 8.33. The number of benzene rings is 1. The average Bonchev–Trinajstić information content (AvgIpc) is 3.21. The van der Waals surface area contributed by atoms with Crippen LogP contribution in [0, 0.1) is 6.92 Å². The molecule has 4 rings (SSSR count). The number of imidazole rings is 1. The zero-order chi connectivity index (χ0) is 19.0. The van der Waals surface area contributed by atoms with Crippen molar-refractivity contribution in [2.45, 2.75) is 45.6 Å². The standard InChI is InChI=1S/C21H27N5O/c1-4-11-26-19-10-6-5-9-18(19)22-20(26)16-8-7-12-25(13-16)21(27)17-14-24(3)23-15(17)2/h5-6,9-10,14,16H,4,7-8,11-13H2,1-3H3. The van der Waals surface area contributed by atoms with Gasteiger partial charge in [-0.1, -0.05) is 19.1 Å². The molecule has 0 aliphatic carbocycles. The van der Waals surface area contributed by atoms with Crippen molar-refractivity contribution in [2.75, 3.05) is 13.1 Å². The van der Waals surface area contributed by atoms with Gasteiger partial charge < -0.3 is 9.47 Å². The van der Waals surface area contributed by atoms with Crippen LogP contribution in [0.5, 0.6) is 0 Å². The van der Waals surface area contributed by atoms with Crippen molar-refractivity contribution in [1.29, 1.82) is 0 Å². The van der Waals surface area contributed by atoms with Gasteiger partial charge in [-0.25, -0.2) is 4.98 Å². The zero-order valence-corrected chi connectivity index (χ0v) is 16.4. The van der Waals surface area contributed by atoms with Crippen LogP contribution >= 0.6 is 0 Å². The van der Waals surface area contributed by atoms with Gasteiger partial charge in [-0.05, 0) is 38.3 Å². The molecule has 1 saturated heterocycles. The van der Waals surface area contributed by atoms with E-state index < -0.39 is 0 Å². The van der Waals surface area contributed by atoms with E-state index in [1.54, 1.807) is 4.68 Å². The summed E-state index contributed by atoms with van der Waals surface area (Å²) >= 11 is 0. The SMILES string of the molecule is CCCn1c(C2CCCN(C(=O)c3cn(C)nc3C)C2)nc2ccccc21. The highest BCUT2D eigenvalue weighted by Crippen LogP contribution is 2.30. The highest BCUT2D eigenvalue weighted by molar-refractivity contribution is 5.95. The Balaban J connectivity index is 1.63. The highest BCUT2D eigenvalue weighted by atomic mass is 16.2. The van der Waals surface area contributed by atoms with Crippen LogP contribution in [0.1, 0.15) is 54.0 Å². The number of nitrogens with zero attached hydrogens (tertiary/aromatic N) is 5. The summed E-state index contributed by atoms with van der Waals surface area (Å²) < 4.78 is 4.06. The minimum atomic E-state index is 0.0865. The predicted molar refractivity (Wildman–Crippen MR) is 106 cm³/mol. The average molecular weight is 365 g/mol. The summed E-state index contributed by atoms with van der Waals surface area (Å²) in [4.78, 5) is 20.0. The second kappa shape index (κ2) is 7.18. The van der Waals surface area contributed by atoms with Crippen LogP contribution < -0.4 is 0 Å². The van der Waals surface area contributed by atoms with E-state index in [1.165, 1.54) is 5.52 Å². The normalized spacial score (nSPS) is 17.6. The molecule has 1 aliphatic rings. The van der Waals surface area contributed by atoms with Crippen LogP contribution in [-0.4, -0.2) is 43.2 Å². The van der Waals surface area contributed by atoms with Gasteiger partial charge in [0.05, 0.1) is 22.3 Å². The number of hydrogen-bond donors (Lipinski definition) is 0. The smallest absolute Gasteiger partial charge is 0.257 e. The number of fused-ring (bicyclic) bond motifs is 1. The molecule has 1 fully saturated rings. The first-order valence-electron chi connectivity index (χ1n) is 9.83. The molecule has 0 spiro atoms. The van der Waals surface area contributed by atoms with Crippen molar-refractivity contribution in [3.63, 3.8) is 0 Å². The highest BCUT2D eigenvalue weighted by Gasteiger charge is 2.30. The van der Waals surface area contributed by atoms with E-state index in [2.05, 4.69) is 34.8 Å². The van der Waals surface area contributed by atoms with Gasteiger partial charge in [-0.3, -0.25) is 9.48 Å². The number of likely N-dealkylation sites (tertiary alicyclic amines) is 1. The maximum Gasteiger partial charge on any atom is 0.257 e. The molecule has 1 aromatic carbocycles. The molecule has 1 aliphatic heterocycles. The molecular weight excluding hydrogens is 338 g/mol. The van der Waals surface area contributed by atoms with Gasteiger partial charge in [0.2, 0.25) is 0 Å². The molecule has 3 heterocycles. The van der Waals surface area contributed by atoms with E-state index >= 15 is 0 Å². The van der Waals surface area contributed by atoms with Gasteiger partial charge in [-0.2, -0.15) is 5.10 Å². The lowest BCUT2D eigenvalue weighted by Gasteiger charge is -2.32. The van der Waals surface area contributed by atoms with E-state index in [0.717, 1.165) is 55.9 Å². The maximum absolute atomic E-state index is 13.0. The van der Waals surface area contributed by atoms with Gasteiger partial charge in [0.25, 0.3) is 5.91 Å². The summed E-state index contributed by atoms with van der Waals surface area (Å²) in [6.45, 7) is 6.58. The molecule has 6 heteroatoms. The summed E-state index contributed by atoms with van der Waals surface area (Å²) in [5.41, 5.74) is 3.75. The summed E-state index contributed by atoms with van der Waals surface area (Å²) in [5.74, 6) is 1.49. The molecule has 1 amide bonds. The van der Waals surface area contributed by atoms with Crippen molar-refractivity contribution in [1.82, 2.24) is 24.2 Å². The van der Waals surface area contributed by atoms with Crippen LogP contribution in [0.3, 0.4) is 0 Å². The number of aryl methyl sites for hydroxylation is 3. The minimum Gasteiger partial charge on any atom is -0.338 e. The van der Waals surface area contributed by atoms with Crippen LogP contribution in [0.15, 0.2) is 30.5 Å². The first-order chi connectivity index (χ1) is 13.1. The monoisotopic (exact) mass is 365 g/mol.